The topological polar surface area (TPSA) is 60.2 Å². The van der Waals surface area contributed by atoms with Gasteiger partial charge >= 0.3 is 0 Å². The second kappa shape index (κ2) is 5.23. The van der Waals surface area contributed by atoms with E-state index >= 15 is 0 Å². The van der Waals surface area contributed by atoms with Gasteiger partial charge in [0.2, 0.25) is 5.89 Å². The van der Waals surface area contributed by atoms with E-state index in [1.54, 1.807) is 7.11 Å². The molecule has 0 saturated carbocycles. The average Bonchev–Trinajstić information content (AvgIpc) is 2.53. The number of nitrogens with one attached hydrogen (secondary N) is 1. The third-order valence-corrected chi connectivity index (χ3v) is 2.62. The molecular weight excluding hydrogens is 194 g/mol. The number of methoxy groups -OCH3 is 1. The Morgan fingerprint density at radius 2 is 2.40 bits per heavy atom. The highest BCUT2D eigenvalue weighted by atomic mass is 16.5. The van der Waals surface area contributed by atoms with Crippen molar-refractivity contribution in [3.63, 3.8) is 0 Å². The molecule has 1 unspecified atom stereocenters. The highest BCUT2D eigenvalue weighted by Crippen LogP contribution is 2.21. The van der Waals surface area contributed by atoms with Gasteiger partial charge in [0.05, 0.1) is 6.04 Å². The summed E-state index contributed by atoms with van der Waals surface area (Å²) in [6.07, 6.45) is 4.81. The SMILES string of the molecule is COCc1noc(C2CCCCCN2)n1. The number of rotatable bonds is 3. The van der Waals surface area contributed by atoms with Gasteiger partial charge in [-0.15, -0.1) is 0 Å². The summed E-state index contributed by atoms with van der Waals surface area (Å²) < 4.78 is 10.2. The summed E-state index contributed by atoms with van der Waals surface area (Å²) in [5.74, 6) is 1.32. The minimum atomic E-state index is 0.227. The summed E-state index contributed by atoms with van der Waals surface area (Å²) in [5, 5.41) is 7.28. The molecule has 1 atom stereocenters. The molecule has 1 aliphatic rings. The van der Waals surface area contributed by atoms with Crippen LogP contribution in [0, 0.1) is 0 Å². The predicted octanol–water partition coefficient (Wildman–Crippen LogP) is 1.42. The molecule has 0 aromatic carbocycles. The van der Waals surface area contributed by atoms with E-state index in [0.29, 0.717) is 18.3 Å². The summed E-state index contributed by atoms with van der Waals surface area (Å²) in [6, 6.07) is 0.227. The Labute approximate surface area is 89.2 Å². The van der Waals surface area contributed by atoms with E-state index in [0.717, 1.165) is 13.0 Å². The van der Waals surface area contributed by atoms with Crippen LogP contribution in [0.3, 0.4) is 0 Å². The van der Waals surface area contributed by atoms with Crippen LogP contribution in [0.5, 0.6) is 0 Å². The van der Waals surface area contributed by atoms with Crippen LogP contribution in [0.1, 0.15) is 43.4 Å². The zero-order valence-corrected chi connectivity index (χ0v) is 9.03. The standard InChI is InChI=1S/C10H17N3O2/c1-14-7-9-12-10(15-13-9)8-5-3-2-4-6-11-8/h8,11H,2-7H2,1H3. The van der Waals surface area contributed by atoms with Gasteiger partial charge in [-0.25, -0.2) is 0 Å². The van der Waals surface area contributed by atoms with Gasteiger partial charge in [-0.3, -0.25) is 0 Å². The average molecular weight is 211 g/mol. The molecular formula is C10H17N3O2. The molecule has 15 heavy (non-hydrogen) atoms. The summed E-state index contributed by atoms with van der Waals surface area (Å²) in [4.78, 5) is 4.30. The van der Waals surface area contributed by atoms with Gasteiger partial charge in [-0.2, -0.15) is 4.98 Å². The molecule has 0 amide bonds. The van der Waals surface area contributed by atoms with Gasteiger partial charge in [0.25, 0.3) is 0 Å². The maximum absolute atomic E-state index is 5.21. The Morgan fingerprint density at radius 1 is 1.47 bits per heavy atom. The first-order chi connectivity index (χ1) is 7.40. The normalized spacial score (nSPS) is 22.6. The van der Waals surface area contributed by atoms with Gasteiger partial charge in [-0.05, 0) is 19.4 Å². The van der Waals surface area contributed by atoms with Crippen LogP contribution >= 0.6 is 0 Å². The second-order valence-electron chi connectivity index (χ2n) is 3.84. The van der Waals surface area contributed by atoms with Gasteiger partial charge < -0.3 is 14.6 Å². The van der Waals surface area contributed by atoms with E-state index < -0.39 is 0 Å². The molecule has 1 aromatic rings. The Morgan fingerprint density at radius 3 is 3.27 bits per heavy atom. The largest absolute Gasteiger partial charge is 0.377 e. The van der Waals surface area contributed by atoms with Crippen LogP contribution in [0.2, 0.25) is 0 Å². The lowest BCUT2D eigenvalue weighted by atomic mass is 10.1. The van der Waals surface area contributed by atoms with Crippen molar-refractivity contribution in [3.05, 3.63) is 11.7 Å². The monoisotopic (exact) mass is 211 g/mol. The Balaban J connectivity index is 2.00. The molecule has 0 aliphatic carbocycles. The molecule has 5 heteroatoms. The molecule has 1 N–H and O–H groups in total. The van der Waals surface area contributed by atoms with E-state index in [9.17, 15) is 0 Å². The zero-order chi connectivity index (χ0) is 10.5. The molecule has 5 nitrogen and oxygen atoms in total. The molecule has 0 radical (unpaired) electrons. The van der Waals surface area contributed by atoms with E-state index in [-0.39, 0.29) is 6.04 Å². The number of hydrogen-bond donors (Lipinski definition) is 1. The highest BCUT2D eigenvalue weighted by Gasteiger charge is 2.19. The summed E-state index contributed by atoms with van der Waals surface area (Å²) >= 11 is 0. The molecule has 0 spiro atoms. The smallest absolute Gasteiger partial charge is 0.243 e. The molecule has 1 fully saturated rings. The van der Waals surface area contributed by atoms with Crippen LogP contribution < -0.4 is 5.32 Å². The zero-order valence-electron chi connectivity index (χ0n) is 9.03. The Bertz CT molecular complexity index is 293. The summed E-state index contributed by atoms with van der Waals surface area (Å²) in [7, 11) is 1.62. The fourth-order valence-corrected chi connectivity index (χ4v) is 1.84. The third kappa shape index (κ3) is 2.76. The van der Waals surface area contributed by atoms with E-state index in [2.05, 4.69) is 15.5 Å². The molecule has 2 rings (SSSR count). The molecule has 1 aliphatic heterocycles. The van der Waals surface area contributed by atoms with Gasteiger partial charge in [-0.1, -0.05) is 18.0 Å². The fourth-order valence-electron chi connectivity index (χ4n) is 1.84. The number of aromatic nitrogens is 2. The predicted molar refractivity (Wildman–Crippen MR) is 54.2 cm³/mol. The first-order valence-corrected chi connectivity index (χ1v) is 5.45. The van der Waals surface area contributed by atoms with Gasteiger partial charge in [0.15, 0.2) is 5.82 Å². The first kappa shape index (κ1) is 10.6. The quantitative estimate of drug-likeness (QED) is 0.819. The lowest BCUT2D eigenvalue weighted by Gasteiger charge is -2.09. The lowest BCUT2D eigenvalue weighted by Crippen LogP contribution is -2.20. The van der Waals surface area contributed by atoms with Crippen LogP contribution in [0.4, 0.5) is 0 Å². The Kier molecular flexibility index (Phi) is 3.69. The minimum absolute atomic E-state index is 0.227. The fraction of sp³-hybridized carbons (Fsp3) is 0.800. The van der Waals surface area contributed by atoms with Crippen LogP contribution in [-0.2, 0) is 11.3 Å². The van der Waals surface area contributed by atoms with Crippen molar-refractivity contribution in [2.24, 2.45) is 0 Å². The summed E-state index contributed by atoms with van der Waals surface area (Å²) in [5.41, 5.74) is 0. The van der Waals surface area contributed by atoms with Crippen molar-refractivity contribution in [1.29, 1.82) is 0 Å². The molecule has 1 aromatic heterocycles. The van der Waals surface area contributed by atoms with Crippen LogP contribution in [-0.4, -0.2) is 23.8 Å². The van der Waals surface area contributed by atoms with Crippen LogP contribution in [0.15, 0.2) is 4.52 Å². The maximum Gasteiger partial charge on any atom is 0.243 e. The van der Waals surface area contributed by atoms with Crippen molar-refractivity contribution in [1.82, 2.24) is 15.5 Å². The van der Waals surface area contributed by atoms with Crippen molar-refractivity contribution >= 4 is 0 Å². The van der Waals surface area contributed by atoms with Crippen molar-refractivity contribution < 1.29 is 9.26 Å². The maximum atomic E-state index is 5.21. The molecule has 84 valence electrons. The lowest BCUT2D eigenvalue weighted by molar-refractivity contribution is 0.174. The second-order valence-corrected chi connectivity index (χ2v) is 3.84. The van der Waals surface area contributed by atoms with Crippen molar-refractivity contribution in [3.8, 4) is 0 Å². The number of ether oxygens (including phenoxy) is 1. The summed E-state index contributed by atoms with van der Waals surface area (Å²) in [6.45, 7) is 1.45. The number of hydrogen-bond acceptors (Lipinski definition) is 5. The highest BCUT2D eigenvalue weighted by molar-refractivity contribution is 4.92. The van der Waals surface area contributed by atoms with Gasteiger partial charge in [0, 0.05) is 7.11 Å². The van der Waals surface area contributed by atoms with Crippen molar-refractivity contribution in [2.75, 3.05) is 13.7 Å². The van der Waals surface area contributed by atoms with Gasteiger partial charge in [0.1, 0.15) is 6.61 Å². The number of nitrogens with zero attached hydrogens (tertiary/aromatic N) is 2. The molecule has 1 saturated heterocycles. The van der Waals surface area contributed by atoms with Crippen molar-refractivity contribution in [2.45, 2.75) is 38.3 Å². The Hall–Kier alpha value is -0.940. The van der Waals surface area contributed by atoms with Crippen LogP contribution in [0.25, 0.3) is 0 Å². The van der Waals surface area contributed by atoms with E-state index in [1.165, 1.54) is 19.3 Å². The van der Waals surface area contributed by atoms with E-state index in [4.69, 9.17) is 9.26 Å². The first-order valence-electron chi connectivity index (χ1n) is 5.45. The third-order valence-electron chi connectivity index (χ3n) is 2.62. The van der Waals surface area contributed by atoms with E-state index in [1.807, 2.05) is 0 Å². The molecule has 2 heterocycles. The molecule has 0 bridgehead atoms. The minimum Gasteiger partial charge on any atom is -0.377 e.